The zero-order valence-corrected chi connectivity index (χ0v) is 26.6. The Morgan fingerprint density at radius 3 is 2.12 bits per heavy atom. The van der Waals surface area contributed by atoms with Crippen LogP contribution in [0.4, 0.5) is 5.69 Å². The number of amides is 2. The van der Waals surface area contributed by atoms with Gasteiger partial charge in [-0.2, -0.15) is 0 Å². The SMILES string of the molecule is CC[C@@H](C(=O)NC(C)(C)C)N(Cc1ccc(Cl)c(Cl)c1)C(=O)CN(c1cccc(C)c1)S(=O)(=O)c1ccc(C)cc1. The molecule has 1 atom stereocenters. The number of sulfonamides is 1. The standard InChI is InChI=1S/C31H37Cl2N3O4S/c1-7-28(30(38)34-31(4,5)6)35(19-23-13-16-26(32)27(33)18-23)29(37)20-36(24-10-8-9-22(3)17-24)41(39,40)25-14-11-21(2)12-15-25/h8-18,28H,7,19-20H2,1-6H3,(H,34,38)/t28-/m0/s1. The number of hydrogen-bond acceptors (Lipinski definition) is 4. The van der Waals surface area contributed by atoms with Crippen molar-refractivity contribution in [2.24, 2.45) is 0 Å². The summed E-state index contributed by atoms with van der Waals surface area (Å²) in [6.07, 6.45) is 0.310. The maximum absolute atomic E-state index is 14.2. The van der Waals surface area contributed by atoms with Gasteiger partial charge in [0.25, 0.3) is 10.0 Å². The number of hydrogen-bond donors (Lipinski definition) is 1. The Hall–Kier alpha value is -3.07. The average Bonchev–Trinajstić information content (AvgIpc) is 2.88. The van der Waals surface area contributed by atoms with E-state index in [1.54, 1.807) is 48.5 Å². The molecule has 10 heteroatoms. The summed E-state index contributed by atoms with van der Waals surface area (Å²) in [6, 6.07) is 17.6. The molecule has 0 radical (unpaired) electrons. The fourth-order valence-electron chi connectivity index (χ4n) is 4.36. The smallest absolute Gasteiger partial charge is 0.264 e. The van der Waals surface area contributed by atoms with Crippen molar-refractivity contribution in [3.05, 3.63) is 93.5 Å². The molecule has 0 heterocycles. The van der Waals surface area contributed by atoms with Crippen LogP contribution in [0.5, 0.6) is 0 Å². The van der Waals surface area contributed by atoms with Crippen molar-refractivity contribution in [1.82, 2.24) is 10.2 Å². The van der Waals surface area contributed by atoms with Gasteiger partial charge in [-0.05, 0) is 88.6 Å². The summed E-state index contributed by atoms with van der Waals surface area (Å²) in [4.78, 5) is 29.0. The third-order valence-electron chi connectivity index (χ3n) is 6.40. The fraction of sp³-hybridized carbons (Fsp3) is 0.355. The molecule has 0 saturated carbocycles. The molecule has 0 saturated heterocycles. The number of nitrogens with zero attached hydrogens (tertiary/aromatic N) is 2. The van der Waals surface area contributed by atoms with Gasteiger partial charge in [-0.3, -0.25) is 13.9 Å². The lowest BCUT2D eigenvalue weighted by Crippen LogP contribution is -2.55. The van der Waals surface area contributed by atoms with E-state index < -0.39 is 34.1 Å². The molecule has 0 bridgehead atoms. The molecule has 0 aromatic heterocycles. The number of nitrogens with one attached hydrogen (secondary N) is 1. The predicted octanol–water partition coefficient (Wildman–Crippen LogP) is 6.53. The summed E-state index contributed by atoms with van der Waals surface area (Å²) in [5, 5.41) is 3.63. The van der Waals surface area contributed by atoms with Crippen LogP contribution in [-0.2, 0) is 26.2 Å². The van der Waals surface area contributed by atoms with Gasteiger partial charge in [-0.1, -0.05) is 66.0 Å². The van der Waals surface area contributed by atoms with Crippen LogP contribution >= 0.6 is 23.2 Å². The van der Waals surface area contributed by atoms with Crippen molar-refractivity contribution in [1.29, 1.82) is 0 Å². The van der Waals surface area contributed by atoms with Gasteiger partial charge in [0.15, 0.2) is 0 Å². The monoisotopic (exact) mass is 617 g/mol. The molecule has 2 amide bonds. The molecule has 0 unspecified atom stereocenters. The number of rotatable bonds is 10. The van der Waals surface area contributed by atoms with E-state index in [0.717, 1.165) is 15.4 Å². The van der Waals surface area contributed by atoms with Gasteiger partial charge in [0.2, 0.25) is 11.8 Å². The topological polar surface area (TPSA) is 86.8 Å². The zero-order valence-electron chi connectivity index (χ0n) is 24.2. The second-order valence-corrected chi connectivity index (χ2v) is 13.8. The molecule has 41 heavy (non-hydrogen) atoms. The van der Waals surface area contributed by atoms with E-state index >= 15 is 0 Å². The molecule has 0 aliphatic heterocycles. The Balaban J connectivity index is 2.09. The van der Waals surface area contributed by atoms with Gasteiger partial charge in [0.1, 0.15) is 12.6 Å². The van der Waals surface area contributed by atoms with Gasteiger partial charge in [-0.15, -0.1) is 0 Å². The third kappa shape index (κ3) is 8.47. The number of anilines is 1. The van der Waals surface area contributed by atoms with E-state index in [2.05, 4.69) is 5.32 Å². The van der Waals surface area contributed by atoms with Crippen LogP contribution in [0.1, 0.15) is 50.8 Å². The van der Waals surface area contributed by atoms with Crippen molar-refractivity contribution in [2.45, 2.75) is 71.0 Å². The molecule has 1 N–H and O–H groups in total. The van der Waals surface area contributed by atoms with Crippen molar-refractivity contribution >= 4 is 50.7 Å². The Morgan fingerprint density at radius 1 is 0.902 bits per heavy atom. The van der Waals surface area contributed by atoms with E-state index in [1.165, 1.54) is 17.0 Å². The van der Waals surface area contributed by atoms with Gasteiger partial charge < -0.3 is 10.2 Å². The predicted molar refractivity (Wildman–Crippen MR) is 166 cm³/mol. The Bertz CT molecular complexity index is 1500. The maximum Gasteiger partial charge on any atom is 0.264 e. The zero-order chi connectivity index (χ0) is 30.5. The summed E-state index contributed by atoms with van der Waals surface area (Å²) >= 11 is 12.4. The minimum absolute atomic E-state index is 0.0258. The third-order valence-corrected chi connectivity index (χ3v) is 8.93. The molecule has 220 valence electrons. The lowest BCUT2D eigenvalue weighted by Gasteiger charge is -2.35. The summed E-state index contributed by atoms with van der Waals surface area (Å²) in [6.45, 7) is 10.6. The summed E-state index contributed by atoms with van der Waals surface area (Å²) in [7, 11) is -4.14. The minimum atomic E-state index is -4.14. The maximum atomic E-state index is 14.2. The van der Waals surface area contributed by atoms with E-state index in [9.17, 15) is 18.0 Å². The van der Waals surface area contributed by atoms with Crippen LogP contribution in [0.15, 0.2) is 71.6 Å². The quantitative estimate of drug-likeness (QED) is 0.280. The van der Waals surface area contributed by atoms with Gasteiger partial charge in [0.05, 0.1) is 20.6 Å². The first-order valence-electron chi connectivity index (χ1n) is 13.3. The van der Waals surface area contributed by atoms with Crippen LogP contribution in [-0.4, -0.2) is 43.3 Å². The largest absolute Gasteiger partial charge is 0.350 e. The molecule has 0 aliphatic rings. The van der Waals surface area contributed by atoms with E-state index in [0.29, 0.717) is 27.7 Å². The molecule has 0 fully saturated rings. The normalized spacial score (nSPS) is 12.5. The second kappa shape index (κ2) is 13.3. The molecule has 3 rings (SSSR count). The lowest BCUT2D eigenvalue weighted by molar-refractivity contribution is -0.141. The van der Waals surface area contributed by atoms with Crippen LogP contribution in [0.2, 0.25) is 10.0 Å². The van der Waals surface area contributed by atoms with Crippen LogP contribution in [0, 0.1) is 13.8 Å². The lowest BCUT2D eigenvalue weighted by atomic mass is 10.1. The van der Waals surface area contributed by atoms with Crippen LogP contribution in [0.3, 0.4) is 0 Å². The average molecular weight is 619 g/mol. The van der Waals surface area contributed by atoms with E-state index in [1.807, 2.05) is 47.6 Å². The number of carbonyl (C=O) groups is 2. The van der Waals surface area contributed by atoms with E-state index in [-0.39, 0.29) is 17.3 Å². The van der Waals surface area contributed by atoms with Crippen molar-refractivity contribution < 1.29 is 18.0 Å². The van der Waals surface area contributed by atoms with Crippen LogP contribution < -0.4 is 9.62 Å². The first kappa shape index (κ1) is 32.4. The molecule has 7 nitrogen and oxygen atoms in total. The first-order chi connectivity index (χ1) is 19.1. The highest BCUT2D eigenvalue weighted by Crippen LogP contribution is 2.27. The van der Waals surface area contributed by atoms with Crippen molar-refractivity contribution in [3.8, 4) is 0 Å². The van der Waals surface area contributed by atoms with Gasteiger partial charge in [-0.25, -0.2) is 8.42 Å². The highest BCUT2D eigenvalue weighted by molar-refractivity contribution is 7.92. The van der Waals surface area contributed by atoms with E-state index in [4.69, 9.17) is 23.2 Å². The van der Waals surface area contributed by atoms with Gasteiger partial charge in [0, 0.05) is 12.1 Å². The van der Waals surface area contributed by atoms with Gasteiger partial charge >= 0.3 is 0 Å². The Morgan fingerprint density at radius 2 is 1.56 bits per heavy atom. The Labute approximate surface area is 253 Å². The number of halogens is 2. The van der Waals surface area contributed by atoms with Crippen molar-refractivity contribution in [3.63, 3.8) is 0 Å². The molecular weight excluding hydrogens is 581 g/mol. The fourth-order valence-corrected chi connectivity index (χ4v) is 6.08. The Kier molecular flexibility index (Phi) is 10.5. The highest BCUT2D eigenvalue weighted by Gasteiger charge is 2.34. The summed E-state index contributed by atoms with van der Waals surface area (Å²) in [5.41, 5.74) is 2.21. The molecule has 0 spiro atoms. The number of benzene rings is 3. The molecule has 3 aromatic rings. The second-order valence-electron chi connectivity index (χ2n) is 11.1. The summed E-state index contributed by atoms with van der Waals surface area (Å²) in [5.74, 6) is -0.874. The molecular formula is C31H37Cl2N3O4S. The number of aryl methyl sites for hydroxylation is 2. The minimum Gasteiger partial charge on any atom is -0.350 e. The molecule has 3 aromatic carbocycles. The first-order valence-corrected chi connectivity index (χ1v) is 15.5. The molecule has 0 aliphatic carbocycles. The summed E-state index contributed by atoms with van der Waals surface area (Å²) < 4.78 is 29.0. The van der Waals surface area contributed by atoms with Crippen LogP contribution in [0.25, 0.3) is 0 Å². The highest BCUT2D eigenvalue weighted by atomic mass is 35.5. The number of carbonyl (C=O) groups excluding carboxylic acids is 2. The van der Waals surface area contributed by atoms with Crippen molar-refractivity contribution in [2.75, 3.05) is 10.8 Å².